The molecule has 0 spiro atoms. The van der Waals surface area contributed by atoms with Gasteiger partial charge in [-0.3, -0.25) is 4.79 Å². The number of piperidine rings is 1. The molecule has 0 saturated carbocycles. The molecule has 1 fully saturated rings. The van der Waals surface area contributed by atoms with Gasteiger partial charge in [-0.25, -0.2) is 0 Å². The van der Waals surface area contributed by atoms with E-state index in [2.05, 4.69) is 10.6 Å². The third-order valence-electron chi connectivity index (χ3n) is 4.01. The van der Waals surface area contributed by atoms with Crippen molar-refractivity contribution in [3.8, 4) is 0 Å². The number of hydrogen-bond acceptors (Lipinski definition) is 2. The van der Waals surface area contributed by atoms with Crippen LogP contribution in [-0.2, 0) is 17.5 Å². The molecule has 122 valence electrons. The van der Waals surface area contributed by atoms with Crippen molar-refractivity contribution in [3.05, 3.63) is 35.4 Å². The summed E-state index contributed by atoms with van der Waals surface area (Å²) in [7, 11) is 0. The Morgan fingerprint density at radius 2 is 1.82 bits per heavy atom. The van der Waals surface area contributed by atoms with Crippen LogP contribution in [0.1, 0.15) is 36.8 Å². The Kier molecular flexibility index (Phi) is 5.83. The van der Waals surface area contributed by atoms with Crippen LogP contribution in [0.3, 0.4) is 0 Å². The lowest BCUT2D eigenvalue weighted by Gasteiger charge is -2.22. The lowest BCUT2D eigenvalue weighted by atomic mass is 9.93. The number of amides is 1. The van der Waals surface area contributed by atoms with Gasteiger partial charge in [-0.05, 0) is 56.0 Å². The van der Waals surface area contributed by atoms with Crippen molar-refractivity contribution in [1.29, 1.82) is 0 Å². The van der Waals surface area contributed by atoms with Gasteiger partial charge in [0.1, 0.15) is 0 Å². The Labute approximate surface area is 128 Å². The first-order valence-electron chi connectivity index (χ1n) is 7.58. The fourth-order valence-electron chi connectivity index (χ4n) is 2.61. The third-order valence-corrected chi connectivity index (χ3v) is 4.01. The van der Waals surface area contributed by atoms with Crippen LogP contribution < -0.4 is 10.6 Å². The second kappa shape index (κ2) is 7.63. The molecule has 1 aliphatic heterocycles. The molecule has 1 aromatic carbocycles. The molecule has 1 amide bonds. The largest absolute Gasteiger partial charge is 0.416 e. The quantitative estimate of drug-likeness (QED) is 0.877. The van der Waals surface area contributed by atoms with Crippen LogP contribution in [-0.4, -0.2) is 19.0 Å². The predicted octanol–water partition coefficient (Wildman–Crippen LogP) is 3.10. The van der Waals surface area contributed by atoms with Gasteiger partial charge < -0.3 is 10.6 Å². The van der Waals surface area contributed by atoms with Gasteiger partial charge >= 0.3 is 6.18 Å². The summed E-state index contributed by atoms with van der Waals surface area (Å²) < 4.78 is 37.3. The number of rotatable bonds is 5. The highest BCUT2D eigenvalue weighted by atomic mass is 19.4. The van der Waals surface area contributed by atoms with Crippen LogP contribution in [0.25, 0.3) is 0 Å². The van der Waals surface area contributed by atoms with Crippen molar-refractivity contribution < 1.29 is 18.0 Å². The van der Waals surface area contributed by atoms with E-state index in [1.807, 2.05) is 0 Å². The molecule has 1 heterocycles. The van der Waals surface area contributed by atoms with Gasteiger partial charge in [0.25, 0.3) is 0 Å². The SMILES string of the molecule is O=C(CCC1CCNCC1)NCc1ccc(C(F)(F)F)cc1. The lowest BCUT2D eigenvalue weighted by molar-refractivity contribution is -0.137. The second-order valence-electron chi connectivity index (χ2n) is 5.70. The molecule has 1 aromatic rings. The predicted molar refractivity (Wildman–Crippen MR) is 78.1 cm³/mol. The van der Waals surface area contributed by atoms with E-state index in [-0.39, 0.29) is 12.5 Å². The number of halogens is 3. The van der Waals surface area contributed by atoms with Gasteiger partial charge in [-0.1, -0.05) is 12.1 Å². The number of carbonyl (C=O) groups excluding carboxylic acids is 1. The van der Waals surface area contributed by atoms with E-state index in [0.29, 0.717) is 17.9 Å². The number of nitrogens with one attached hydrogen (secondary N) is 2. The molecule has 0 atom stereocenters. The Morgan fingerprint density at radius 3 is 2.41 bits per heavy atom. The molecule has 6 heteroatoms. The van der Waals surface area contributed by atoms with Gasteiger partial charge in [-0.15, -0.1) is 0 Å². The molecule has 3 nitrogen and oxygen atoms in total. The van der Waals surface area contributed by atoms with Crippen LogP contribution in [0.2, 0.25) is 0 Å². The minimum Gasteiger partial charge on any atom is -0.352 e. The normalized spacial score (nSPS) is 16.5. The van der Waals surface area contributed by atoms with Crippen LogP contribution in [0.5, 0.6) is 0 Å². The summed E-state index contributed by atoms with van der Waals surface area (Å²) >= 11 is 0. The Hall–Kier alpha value is -1.56. The zero-order valence-electron chi connectivity index (χ0n) is 12.4. The average molecular weight is 314 g/mol. The van der Waals surface area contributed by atoms with Crippen LogP contribution >= 0.6 is 0 Å². The molecule has 0 unspecified atom stereocenters. The number of benzene rings is 1. The maximum absolute atomic E-state index is 12.4. The van der Waals surface area contributed by atoms with Gasteiger partial charge in [0.2, 0.25) is 5.91 Å². The van der Waals surface area contributed by atoms with E-state index in [0.717, 1.165) is 44.5 Å². The van der Waals surface area contributed by atoms with Crippen molar-refractivity contribution in [2.24, 2.45) is 5.92 Å². The monoisotopic (exact) mass is 314 g/mol. The fourth-order valence-corrected chi connectivity index (χ4v) is 2.61. The highest BCUT2D eigenvalue weighted by molar-refractivity contribution is 5.75. The van der Waals surface area contributed by atoms with E-state index < -0.39 is 11.7 Å². The van der Waals surface area contributed by atoms with Gasteiger partial charge in [-0.2, -0.15) is 13.2 Å². The molecule has 0 aliphatic carbocycles. The van der Waals surface area contributed by atoms with Crippen molar-refractivity contribution in [1.82, 2.24) is 10.6 Å². The molecular formula is C16H21F3N2O. The first-order chi connectivity index (χ1) is 10.4. The molecule has 2 N–H and O–H groups in total. The van der Waals surface area contributed by atoms with Crippen molar-refractivity contribution in [2.75, 3.05) is 13.1 Å². The average Bonchev–Trinajstić information content (AvgIpc) is 2.51. The zero-order valence-corrected chi connectivity index (χ0v) is 12.4. The van der Waals surface area contributed by atoms with Gasteiger partial charge in [0.15, 0.2) is 0 Å². The summed E-state index contributed by atoms with van der Waals surface area (Å²) in [6.07, 6.45) is -0.763. The second-order valence-corrected chi connectivity index (χ2v) is 5.70. The van der Waals surface area contributed by atoms with E-state index >= 15 is 0 Å². The van der Waals surface area contributed by atoms with Crippen LogP contribution in [0.15, 0.2) is 24.3 Å². The number of hydrogen-bond donors (Lipinski definition) is 2. The van der Waals surface area contributed by atoms with Gasteiger partial charge in [0, 0.05) is 13.0 Å². The standard InChI is InChI=1S/C16H21F3N2O/c17-16(18,19)14-4-1-13(2-5-14)11-21-15(22)6-3-12-7-9-20-10-8-12/h1-2,4-5,12,20H,3,6-11H2,(H,21,22). The molecule has 0 aromatic heterocycles. The Bertz CT molecular complexity index is 479. The summed E-state index contributed by atoms with van der Waals surface area (Å²) in [4.78, 5) is 11.8. The van der Waals surface area contributed by atoms with E-state index in [1.165, 1.54) is 12.1 Å². The molecule has 0 bridgehead atoms. The summed E-state index contributed by atoms with van der Waals surface area (Å²) in [6.45, 7) is 2.29. The van der Waals surface area contributed by atoms with Crippen LogP contribution in [0, 0.1) is 5.92 Å². The first-order valence-corrected chi connectivity index (χ1v) is 7.58. The highest BCUT2D eigenvalue weighted by Gasteiger charge is 2.29. The van der Waals surface area contributed by atoms with Gasteiger partial charge in [0.05, 0.1) is 5.56 Å². The summed E-state index contributed by atoms with van der Waals surface area (Å²) in [6, 6.07) is 4.87. The molecular weight excluding hydrogens is 293 g/mol. The molecule has 0 radical (unpaired) electrons. The smallest absolute Gasteiger partial charge is 0.352 e. The fraction of sp³-hybridized carbons (Fsp3) is 0.562. The van der Waals surface area contributed by atoms with E-state index in [4.69, 9.17) is 0 Å². The van der Waals surface area contributed by atoms with Crippen molar-refractivity contribution in [3.63, 3.8) is 0 Å². The zero-order chi connectivity index (χ0) is 16.0. The Balaban J connectivity index is 1.71. The van der Waals surface area contributed by atoms with Crippen molar-refractivity contribution in [2.45, 2.75) is 38.4 Å². The highest BCUT2D eigenvalue weighted by Crippen LogP contribution is 2.29. The van der Waals surface area contributed by atoms with Crippen molar-refractivity contribution >= 4 is 5.91 Å². The minimum absolute atomic E-state index is 0.0431. The third kappa shape index (κ3) is 5.33. The summed E-state index contributed by atoms with van der Waals surface area (Å²) in [5.41, 5.74) is -0.00305. The topological polar surface area (TPSA) is 41.1 Å². The lowest BCUT2D eigenvalue weighted by Crippen LogP contribution is -2.29. The summed E-state index contributed by atoms with van der Waals surface area (Å²) in [5, 5.41) is 6.04. The van der Waals surface area contributed by atoms with E-state index in [9.17, 15) is 18.0 Å². The first kappa shape index (κ1) is 16.8. The number of carbonyl (C=O) groups is 1. The molecule has 22 heavy (non-hydrogen) atoms. The Morgan fingerprint density at radius 1 is 1.18 bits per heavy atom. The van der Waals surface area contributed by atoms with E-state index in [1.54, 1.807) is 0 Å². The molecule has 1 aliphatic rings. The summed E-state index contributed by atoms with van der Waals surface area (Å²) in [5.74, 6) is 0.552. The van der Waals surface area contributed by atoms with Crippen LogP contribution in [0.4, 0.5) is 13.2 Å². The maximum Gasteiger partial charge on any atom is 0.416 e. The minimum atomic E-state index is -4.32. The molecule has 2 rings (SSSR count). The molecule has 1 saturated heterocycles. The maximum atomic E-state index is 12.4. The number of alkyl halides is 3.